The van der Waals surface area contributed by atoms with Gasteiger partial charge in [0.1, 0.15) is 5.82 Å². The van der Waals surface area contributed by atoms with Crippen molar-refractivity contribution in [2.45, 2.75) is 38.5 Å². The highest BCUT2D eigenvalue weighted by Crippen LogP contribution is 2.30. The number of nitrogens with one attached hydrogen (secondary N) is 1. The molecule has 7 heteroatoms. The topological polar surface area (TPSA) is 30.5 Å². The van der Waals surface area contributed by atoms with E-state index in [-0.39, 0.29) is 18.2 Å². The molecule has 3 nitrogen and oxygen atoms in total. The molecular weight excluding hydrogens is 290 g/mol. The van der Waals surface area contributed by atoms with E-state index in [2.05, 4.69) is 5.32 Å². The molecule has 1 heterocycles. The second-order valence-electron chi connectivity index (χ2n) is 5.43. The van der Waals surface area contributed by atoms with Crippen molar-refractivity contribution in [1.82, 2.24) is 5.32 Å². The van der Waals surface area contributed by atoms with E-state index >= 15 is 0 Å². The maximum Gasteiger partial charge on any atom is 0.416 e. The summed E-state index contributed by atoms with van der Waals surface area (Å²) in [7, 11) is 0. The van der Waals surface area contributed by atoms with Crippen LogP contribution in [0.5, 0.6) is 0 Å². The molecule has 1 aromatic carbocycles. The first-order chi connectivity index (χ1) is 9.66. The predicted molar refractivity (Wildman–Crippen MR) is 68.0 cm³/mol. The van der Waals surface area contributed by atoms with E-state index in [0.29, 0.717) is 19.2 Å². The summed E-state index contributed by atoms with van der Waals surface area (Å²) in [6.07, 6.45) is -4.72. The van der Waals surface area contributed by atoms with E-state index in [0.717, 1.165) is 12.1 Å². The molecule has 0 saturated carbocycles. The minimum Gasteiger partial charge on any atom is -0.348 e. The monoisotopic (exact) mass is 307 g/mol. The first-order valence-electron chi connectivity index (χ1n) is 6.55. The van der Waals surface area contributed by atoms with Gasteiger partial charge in [0.25, 0.3) is 0 Å². The van der Waals surface area contributed by atoms with Crippen molar-refractivity contribution >= 4 is 0 Å². The Hall–Kier alpha value is -1.18. The Morgan fingerprint density at radius 3 is 2.57 bits per heavy atom. The van der Waals surface area contributed by atoms with Gasteiger partial charge in [-0.3, -0.25) is 0 Å². The maximum absolute atomic E-state index is 13.2. The SMILES string of the molecule is CC1(C)OCC(CNCc2cc(F)cc(C(F)(F)F)c2)O1. The molecule has 1 N–H and O–H groups in total. The number of halogens is 4. The Kier molecular flexibility index (Phi) is 4.55. The zero-order valence-corrected chi connectivity index (χ0v) is 11.8. The Labute approximate surface area is 120 Å². The molecule has 1 unspecified atom stereocenters. The minimum absolute atomic E-state index is 0.126. The molecule has 0 radical (unpaired) electrons. The lowest BCUT2D eigenvalue weighted by Gasteiger charge is -2.17. The number of benzene rings is 1. The van der Waals surface area contributed by atoms with Crippen LogP contribution >= 0.6 is 0 Å². The number of hydrogen-bond acceptors (Lipinski definition) is 3. The van der Waals surface area contributed by atoms with Crippen molar-refractivity contribution in [2.24, 2.45) is 0 Å². The highest BCUT2D eigenvalue weighted by atomic mass is 19.4. The molecule has 0 aromatic heterocycles. The van der Waals surface area contributed by atoms with Crippen LogP contribution in [0.25, 0.3) is 0 Å². The summed E-state index contributed by atoms with van der Waals surface area (Å²) in [5, 5.41) is 2.95. The average molecular weight is 307 g/mol. The standard InChI is InChI=1S/C14H17F4NO2/c1-13(2)20-8-12(21-13)7-19-6-9-3-10(14(16,17)18)5-11(15)4-9/h3-5,12,19H,6-8H2,1-2H3. The molecular formula is C14H17F4NO2. The minimum atomic E-state index is -4.55. The van der Waals surface area contributed by atoms with Gasteiger partial charge in [0, 0.05) is 13.1 Å². The first-order valence-corrected chi connectivity index (χ1v) is 6.55. The van der Waals surface area contributed by atoms with Gasteiger partial charge in [-0.1, -0.05) is 0 Å². The van der Waals surface area contributed by atoms with Crippen LogP contribution in [0.2, 0.25) is 0 Å². The third-order valence-electron chi connectivity index (χ3n) is 3.05. The van der Waals surface area contributed by atoms with Gasteiger partial charge in [0.2, 0.25) is 0 Å². The molecule has 118 valence electrons. The Morgan fingerprint density at radius 2 is 2.00 bits per heavy atom. The van der Waals surface area contributed by atoms with Gasteiger partial charge in [-0.05, 0) is 37.6 Å². The molecule has 21 heavy (non-hydrogen) atoms. The third kappa shape index (κ3) is 4.66. The van der Waals surface area contributed by atoms with Crippen LogP contribution in [0, 0.1) is 5.82 Å². The summed E-state index contributed by atoms with van der Waals surface area (Å²) in [5.74, 6) is -1.54. The first kappa shape index (κ1) is 16.2. The molecule has 0 aliphatic carbocycles. The zero-order valence-electron chi connectivity index (χ0n) is 11.8. The van der Waals surface area contributed by atoms with Crippen molar-refractivity contribution in [1.29, 1.82) is 0 Å². The van der Waals surface area contributed by atoms with Gasteiger partial charge >= 0.3 is 6.18 Å². The molecule has 1 saturated heterocycles. The van der Waals surface area contributed by atoms with E-state index in [1.165, 1.54) is 0 Å². The van der Waals surface area contributed by atoms with Crippen molar-refractivity contribution < 1.29 is 27.0 Å². The van der Waals surface area contributed by atoms with Gasteiger partial charge in [0.05, 0.1) is 18.3 Å². The largest absolute Gasteiger partial charge is 0.416 e. The predicted octanol–water partition coefficient (Wildman–Crippen LogP) is 3.09. The number of alkyl halides is 3. The van der Waals surface area contributed by atoms with Crippen molar-refractivity contribution in [3.8, 4) is 0 Å². The zero-order chi connectivity index (χ0) is 15.7. The third-order valence-corrected chi connectivity index (χ3v) is 3.05. The fourth-order valence-corrected chi connectivity index (χ4v) is 2.16. The lowest BCUT2D eigenvalue weighted by molar-refractivity contribution is -0.138. The molecule has 0 amide bonds. The lowest BCUT2D eigenvalue weighted by atomic mass is 10.1. The van der Waals surface area contributed by atoms with Crippen LogP contribution in [0.15, 0.2) is 18.2 Å². The van der Waals surface area contributed by atoms with E-state index in [4.69, 9.17) is 9.47 Å². The molecule has 1 aliphatic heterocycles. The quantitative estimate of drug-likeness (QED) is 0.867. The smallest absolute Gasteiger partial charge is 0.348 e. The number of hydrogen-bond donors (Lipinski definition) is 1. The molecule has 1 aromatic rings. The maximum atomic E-state index is 13.2. The summed E-state index contributed by atoms with van der Waals surface area (Å²) in [6, 6.07) is 2.50. The summed E-state index contributed by atoms with van der Waals surface area (Å²) in [5.41, 5.74) is -0.749. The van der Waals surface area contributed by atoms with Crippen molar-refractivity contribution in [3.05, 3.63) is 35.1 Å². The lowest BCUT2D eigenvalue weighted by Crippen LogP contribution is -2.30. The van der Waals surface area contributed by atoms with Gasteiger partial charge in [-0.2, -0.15) is 13.2 Å². The summed E-state index contributed by atoms with van der Waals surface area (Å²) in [4.78, 5) is 0. The van der Waals surface area contributed by atoms with E-state index in [1.54, 1.807) is 13.8 Å². The Bertz CT molecular complexity index is 502. The van der Waals surface area contributed by atoms with E-state index in [9.17, 15) is 17.6 Å². The van der Waals surface area contributed by atoms with Gasteiger partial charge in [-0.15, -0.1) is 0 Å². The molecule has 1 atom stereocenters. The summed E-state index contributed by atoms with van der Waals surface area (Å²) < 4.78 is 61.9. The van der Waals surface area contributed by atoms with Crippen molar-refractivity contribution in [3.63, 3.8) is 0 Å². The molecule has 1 fully saturated rings. The fraction of sp³-hybridized carbons (Fsp3) is 0.571. The summed E-state index contributed by atoms with van der Waals surface area (Å²) >= 11 is 0. The summed E-state index contributed by atoms with van der Waals surface area (Å²) in [6.45, 7) is 4.53. The number of rotatable bonds is 4. The van der Waals surface area contributed by atoms with E-state index < -0.39 is 23.3 Å². The second kappa shape index (κ2) is 5.90. The van der Waals surface area contributed by atoms with Crippen LogP contribution in [-0.2, 0) is 22.2 Å². The fourth-order valence-electron chi connectivity index (χ4n) is 2.16. The molecule has 0 spiro atoms. The van der Waals surface area contributed by atoms with Crippen LogP contribution in [0.1, 0.15) is 25.0 Å². The van der Waals surface area contributed by atoms with Crippen LogP contribution in [0.4, 0.5) is 17.6 Å². The van der Waals surface area contributed by atoms with Crippen LogP contribution in [0.3, 0.4) is 0 Å². The average Bonchev–Trinajstić information content (AvgIpc) is 2.67. The van der Waals surface area contributed by atoms with Gasteiger partial charge in [-0.25, -0.2) is 4.39 Å². The van der Waals surface area contributed by atoms with Gasteiger partial charge in [0.15, 0.2) is 5.79 Å². The molecule has 2 rings (SSSR count). The Morgan fingerprint density at radius 1 is 1.29 bits per heavy atom. The van der Waals surface area contributed by atoms with Gasteiger partial charge < -0.3 is 14.8 Å². The molecule has 1 aliphatic rings. The highest BCUT2D eigenvalue weighted by molar-refractivity contribution is 5.26. The highest BCUT2D eigenvalue weighted by Gasteiger charge is 2.33. The second-order valence-corrected chi connectivity index (χ2v) is 5.43. The Balaban J connectivity index is 1.90. The van der Waals surface area contributed by atoms with E-state index in [1.807, 2.05) is 0 Å². The van der Waals surface area contributed by atoms with Crippen LogP contribution < -0.4 is 5.32 Å². The number of ether oxygens (including phenoxy) is 2. The van der Waals surface area contributed by atoms with Crippen molar-refractivity contribution in [2.75, 3.05) is 13.2 Å². The molecule has 0 bridgehead atoms. The normalized spacial score (nSPS) is 21.7. The van der Waals surface area contributed by atoms with Crippen LogP contribution in [-0.4, -0.2) is 25.0 Å².